The highest BCUT2D eigenvalue weighted by molar-refractivity contribution is 5.89. The van der Waals surface area contributed by atoms with Crippen molar-refractivity contribution in [3.8, 4) is 0 Å². The first-order valence-corrected chi connectivity index (χ1v) is 7.28. The molecule has 0 radical (unpaired) electrons. The van der Waals surface area contributed by atoms with E-state index >= 15 is 0 Å². The van der Waals surface area contributed by atoms with Crippen LogP contribution in [0.3, 0.4) is 0 Å². The van der Waals surface area contributed by atoms with Crippen molar-refractivity contribution in [3.63, 3.8) is 0 Å². The molecule has 4 nitrogen and oxygen atoms in total. The van der Waals surface area contributed by atoms with Crippen molar-refractivity contribution in [2.24, 2.45) is 11.7 Å². The maximum Gasteiger partial charge on any atom is 0.337 e. The molecule has 0 amide bonds. The highest BCUT2D eigenvalue weighted by atomic mass is 16.5. The van der Waals surface area contributed by atoms with Crippen molar-refractivity contribution in [3.05, 3.63) is 35.4 Å². The minimum absolute atomic E-state index is 0.245. The summed E-state index contributed by atoms with van der Waals surface area (Å²) in [6.45, 7) is 5.11. The van der Waals surface area contributed by atoms with Gasteiger partial charge >= 0.3 is 5.97 Å². The number of rotatable bonds is 4. The maximum absolute atomic E-state index is 11.4. The number of methoxy groups -OCH3 is 1. The van der Waals surface area contributed by atoms with Crippen LogP contribution in [0.4, 0.5) is 0 Å². The lowest BCUT2D eigenvalue weighted by Crippen LogP contribution is -2.39. The molecule has 1 aromatic carbocycles. The summed E-state index contributed by atoms with van der Waals surface area (Å²) in [5.74, 6) is 0.513. The van der Waals surface area contributed by atoms with Gasteiger partial charge in [-0.15, -0.1) is 0 Å². The molecule has 2 rings (SSSR count). The van der Waals surface area contributed by atoms with Gasteiger partial charge in [-0.05, 0) is 49.5 Å². The first kappa shape index (κ1) is 15.0. The minimum atomic E-state index is -0.298. The highest BCUT2D eigenvalue weighted by Gasteiger charge is 2.23. The fourth-order valence-electron chi connectivity index (χ4n) is 2.80. The molecule has 0 aliphatic carbocycles. The second-order valence-corrected chi connectivity index (χ2v) is 5.58. The van der Waals surface area contributed by atoms with E-state index in [0.717, 1.165) is 19.0 Å². The van der Waals surface area contributed by atoms with Crippen LogP contribution in [0.5, 0.6) is 0 Å². The van der Waals surface area contributed by atoms with Gasteiger partial charge in [-0.1, -0.05) is 19.1 Å². The minimum Gasteiger partial charge on any atom is -0.465 e. The third-order valence-electron chi connectivity index (χ3n) is 4.20. The Morgan fingerprint density at radius 3 is 2.45 bits per heavy atom. The van der Waals surface area contributed by atoms with Gasteiger partial charge in [-0.25, -0.2) is 4.79 Å². The SMILES string of the molecule is COC(=O)c1ccc(C(CN)N2CCC(C)CC2)cc1. The summed E-state index contributed by atoms with van der Waals surface area (Å²) in [5, 5.41) is 0. The predicted molar refractivity (Wildman–Crippen MR) is 79.5 cm³/mol. The number of nitrogens with two attached hydrogens (primary N) is 1. The van der Waals surface area contributed by atoms with Gasteiger partial charge in [0.15, 0.2) is 0 Å². The zero-order chi connectivity index (χ0) is 14.5. The van der Waals surface area contributed by atoms with Crippen LogP contribution in [0.25, 0.3) is 0 Å². The lowest BCUT2D eigenvalue weighted by molar-refractivity contribution is 0.0600. The summed E-state index contributed by atoms with van der Waals surface area (Å²) in [6, 6.07) is 7.85. The third-order valence-corrected chi connectivity index (χ3v) is 4.20. The molecule has 1 saturated heterocycles. The lowest BCUT2D eigenvalue weighted by atomic mass is 9.95. The Morgan fingerprint density at radius 2 is 1.95 bits per heavy atom. The van der Waals surface area contributed by atoms with Gasteiger partial charge in [0.1, 0.15) is 0 Å². The fourth-order valence-corrected chi connectivity index (χ4v) is 2.80. The topological polar surface area (TPSA) is 55.6 Å². The first-order chi connectivity index (χ1) is 9.65. The summed E-state index contributed by atoms with van der Waals surface area (Å²) in [6.07, 6.45) is 2.47. The van der Waals surface area contributed by atoms with E-state index in [-0.39, 0.29) is 12.0 Å². The number of piperidine rings is 1. The average Bonchev–Trinajstić information content (AvgIpc) is 2.50. The van der Waals surface area contributed by atoms with E-state index in [0.29, 0.717) is 12.1 Å². The van der Waals surface area contributed by atoms with Crippen LogP contribution in [-0.2, 0) is 4.74 Å². The molecule has 4 heteroatoms. The molecule has 2 N–H and O–H groups in total. The standard InChI is InChI=1S/C16H24N2O2/c1-12-7-9-18(10-8-12)15(11-17)13-3-5-14(6-4-13)16(19)20-2/h3-6,12,15H,7-11,17H2,1-2H3. The number of nitrogens with zero attached hydrogens (tertiary/aromatic N) is 1. The van der Waals surface area contributed by atoms with Crippen molar-refractivity contribution in [2.45, 2.75) is 25.8 Å². The van der Waals surface area contributed by atoms with Gasteiger partial charge in [-0.3, -0.25) is 4.90 Å². The molecule has 1 heterocycles. The van der Waals surface area contributed by atoms with Crippen LogP contribution in [0, 0.1) is 5.92 Å². The summed E-state index contributed by atoms with van der Waals surface area (Å²) in [5.41, 5.74) is 7.72. The number of hydrogen-bond acceptors (Lipinski definition) is 4. The van der Waals surface area contributed by atoms with Crippen LogP contribution in [0.15, 0.2) is 24.3 Å². The Hall–Kier alpha value is -1.39. The molecule has 1 unspecified atom stereocenters. The van der Waals surface area contributed by atoms with Crippen molar-refractivity contribution in [1.29, 1.82) is 0 Å². The summed E-state index contributed by atoms with van der Waals surface area (Å²) in [4.78, 5) is 13.9. The van der Waals surface area contributed by atoms with E-state index in [2.05, 4.69) is 11.8 Å². The number of hydrogen-bond donors (Lipinski definition) is 1. The quantitative estimate of drug-likeness (QED) is 0.857. The second kappa shape index (κ2) is 6.86. The van der Waals surface area contributed by atoms with E-state index in [1.807, 2.05) is 24.3 Å². The van der Waals surface area contributed by atoms with E-state index in [1.54, 1.807) is 0 Å². The van der Waals surface area contributed by atoms with Crippen molar-refractivity contribution in [2.75, 3.05) is 26.7 Å². The number of benzene rings is 1. The monoisotopic (exact) mass is 276 g/mol. The molecule has 0 aromatic heterocycles. The molecule has 20 heavy (non-hydrogen) atoms. The van der Waals surface area contributed by atoms with Crippen LogP contribution in [0.1, 0.15) is 41.7 Å². The van der Waals surface area contributed by atoms with Gasteiger partial charge in [0.05, 0.1) is 12.7 Å². The Labute approximate surface area is 120 Å². The molecular formula is C16H24N2O2. The zero-order valence-electron chi connectivity index (χ0n) is 12.3. The van der Waals surface area contributed by atoms with Gasteiger partial charge in [0.2, 0.25) is 0 Å². The number of carbonyl (C=O) groups is 1. The Morgan fingerprint density at radius 1 is 1.35 bits per heavy atom. The highest BCUT2D eigenvalue weighted by Crippen LogP contribution is 2.26. The third kappa shape index (κ3) is 3.38. The largest absolute Gasteiger partial charge is 0.465 e. The molecule has 0 spiro atoms. The van der Waals surface area contributed by atoms with Crippen LogP contribution < -0.4 is 5.73 Å². The molecule has 0 saturated carbocycles. The number of ether oxygens (including phenoxy) is 1. The molecule has 1 atom stereocenters. The predicted octanol–water partition coefficient (Wildman–Crippen LogP) is 2.20. The van der Waals surface area contributed by atoms with E-state index in [1.165, 1.54) is 25.5 Å². The molecule has 1 aromatic rings. The van der Waals surface area contributed by atoms with E-state index in [9.17, 15) is 4.79 Å². The molecule has 110 valence electrons. The van der Waals surface area contributed by atoms with Gasteiger partial charge < -0.3 is 10.5 Å². The molecule has 1 aliphatic rings. The molecule has 1 aliphatic heterocycles. The average molecular weight is 276 g/mol. The number of likely N-dealkylation sites (tertiary alicyclic amines) is 1. The normalized spacial score (nSPS) is 18.8. The fraction of sp³-hybridized carbons (Fsp3) is 0.562. The molecular weight excluding hydrogens is 252 g/mol. The zero-order valence-corrected chi connectivity index (χ0v) is 12.3. The summed E-state index contributed by atoms with van der Waals surface area (Å²) in [7, 11) is 1.40. The number of esters is 1. The Bertz CT molecular complexity index is 436. The van der Waals surface area contributed by atoms with Crippen LogP contribution in [-0.4, -0.2) is 37.6 Å². The van der Waals surface area contributed by atoms with Crippen LogP contribution in [0.2, 0.25) is 0 Å². The summed E-state index contributed by atoms with van der Waals surface area (Å²) < 4.78 is 4.72. The first-order valence-electron chi connectivity index (χ1n) is 7.28. The van der Waals surface area contributed by atoms with Gasteiger partial charge in [0, 0.05) is 12.6 Å². The van der Waals surface area contributed by atoms with Gasteiger partial charge in [-0.2, -0.15) is 0 Å². The smallest absolute Gasteiger partial charge is 0.337 e. The van der Waals surface area contributed by atoms with Gasteiger partial charge in [0.25, 0.3) is 0 Å². The number of carbonyl (C=O) groups excluding carboxylic acids is 1. The second-order valence-electron chi connectivity index (χ2n) is 5.58. The lowest BCUT2D eigenvalue weighted by Gasteiger charge is -2.36. The Kier molecular flexibility index (Phi) is 5.15. The van der Waals surface area contributed by atoms with E-state index in [4.69, 9.17) is 10.5 Å². The Balaban J connectivity index is 2.09. The molecule has 0 bridgehead atoms. The maximum atomic E-state index is 11.4. The summed E-state index contributed by atoms with van der Waals surface area (Å²) >= 11 is 0. The van der Waals surface area contributed by atoms with Crippen molar-refractivity contribution in [1.82, 2.24) is 4.90 Å². The van der Waals surface area contributed by atoms with Crippen LogP contribution >= 0.6 is 0 Å². The van der Waals surface area contributed by atoms with Crippen molar-refractivity contribution < 1.29 is 9.53 Å². The molecule has 1 fully saturated rings. The van der Waals surface area contributed by atoms with Crippen molar-refractivity contribution >= 4 is 5.97 Å². The van der Waals surface area contributed by atoms with E-state index < -0.39 is 0 Å².